The lowest BCUT2D eigenvalue weighted by Gasteiger charge is -2.21. The lowest BCUT2D eigenvalue weighted by molar-refractivity contribution is -0.136. The van der Waals surface area contributed by atoms with E-state index in [2.05, 4.69) is 0 Å². The van der Waals surface area contributed by atoms with Gasteiger partial charge in [-0.3, -0.25) is 9.59 Å². The standard InChI is InChI=1S/C14H20N2O3/c1-11(9-15)7-8-13(17)16(10-14(18)19)12-5-3-2-4-6-12/h2-6,11H,7-10,15H2,1H3,(H,18,19). The van der Waals surface area contributed by atoms with Crippen molar-refractivity contribution in [3.63, 3.8) is 0 Å². The van der Waals surface area contributed by atoms with Gasteiger partial charge in [0, 0.05) is 12.1 Å². The van der Waals surface area contributed by atoms with Crippen LogP contribution in [0, 0.1) is 5.92 Å². The van der Waals surface area contributed by atoms with Gasteiger partial charge in [-0.05, 0) is 31.0 Å². The Morgan fingerprint density at radius 2 is 1.95 bits per heavy atom. The highest BCUT2D eigenvalue weighted by Crippen LogP contribution is 2.16. The number of hydrogen-bond acceptors (Lipinski definition) is 3. The van der Waals surface area contributed by atoms with Crippen molar-refractivity contribution in [2.75, 3.05) is 18.0 Å². The predicted molar refractivity (Wildman–Crippen MR) is 73.9 cm³/mol. The molecule has 1 aromatic rings. The Kier molecular flexibility index (Phi) is 6.02. The van der Waals surface area contributed by atoms with E-state index in [1.807, 2.05) is 13.0 Å². The van der Waals surface area contributed by atoms with Crippen LogP contribution in [-0.4, -0.2) is 30.1 Å². The van der Waals surface area contributed by atoms with E-state index in [1.165, 1.54) is 4.90 Å². The monoisotopic (exact) mass is 264 g/mol. The third kappa shape index (κ3) is 5.09. The third-order valence-corrected chi connectivity index (χ3v) is 2.92. The van der Waals surface area contributed by atoms with Gasteiger partial charge in [-0.15, -0.1) is 0 Å². The van der Waals surface area contributed by atoms with Crippen LogP contribution in [-0.2, 0) is 9.59 Å². The smallest absolute Gasteiger partial charge is 0.323 e. The molecule has 1 aromatic carbocycles. The number of rotatable bonds is 7. The molecule has 0 aromatic heterocycles. The van der Waals surface area contributed by atoms with Gasteiger partial charge < -0.3 is 15.7 Å². The van der Waals surface area contributed by atoms with Crippen molar-refractivity contribution in [2.45, 2.75) is 19.8 Å². The maximum Gasteiger partial charge on any atom is 0.323 e. The van der Waals surface area contributed by atoms with E-state index in [1.54, 1.807) is 24.3 Å². The number of carboxylic acid groups (broad SMARTS) is 1. The summed E-state index contributed by atoms with van der Waals surface area (Å²) < 4.78 is 0. The van der Waals surface area contributed by atoms with E-state index in [0.29, 0.717) is 25.1 Å². The number of benzene rings is 1. The summed E-state index contributed by atoms with van der Waals surface area (Å²) in [7, 11) is 0. The van der Waals surface area contributed by atoms with Crippen LogP contribution >= 0.6 is 0 Å². The van der Waals surface area contributed by atoms with Crippen LogP contribution in [0.25, 0.3) is 0 Å². The first-order valence-corrected chi connectivity index (χ1v) is 6.32. The topological polar surface area (TPSA) is 83.6 Å². The molecule has 0 heterocycles. The van der Waals surface area contributed by atoms with Gasteiger partial charge in [-0.25, -0.2) is 0 Å². The molecule has 5 nitrogen and oxygen atoms in total. The van der Waals surface area contributed by atoms with Crippen LogP contribution in [0.3, 0.4) is 0 Å². The number of amides is 1. The molecule has 104 valence electrons. The minimum Gasteiger partial charge on any atom is -0.480 e. The number of anilines is 1. The number of carboxylic acids is 1. The van der Waals surface area contributed by atoms with E-state index in [0.717, 1.165) is 0 Å². The van der Waals surface area contributed by atoms with Crippen LogP contribution in [0.5, 0.6) is 0 Å². The molecule has 0 aliphatic carbocycles. The van der Waals surface area contributed by atoms with Crippen molar-refractivity contribution >= 4 is 17.6 Å². The Morgan fingerprint density at radius 1 is 1.32 bits per heavy atom. The van der Waals surface area contributed by atoms with Crippen molar-refractivity contribution in [1.29, 1.82) is 0 Å². The molecular weight excluding hydrogens is 244 g/mol. The molecule has 1 atom stereocenters. The van der Waals surface area contributed by atoms with Crippen LogP contribution in [0.2, 0.25) is 0 Å². The fraction of sp³-hybridized carbons (Fsp3) is 0.429. The molecule has 0 saturated carbocycles. The highest BCUT2D eigenvalue weighted by molar-refractivity contribution is 5.97. The van der Waals surface area contributed by atoms with Crippen molar-refractivity contribution in [3.05, 3.63) is 30.3 Å². The number of nitrogens with zero attached hydrogens (tertiary/aromatic N) is 1. The van der Waals surface area contributed by atoms with Crippen molar-refractivity contribution in [3.8, 4) is 0 Å². The summed E-state index contributed by atoms with van der Waals surface area (Å²) in [5.41, 5.74) is 6.11. The molecule has 5 heteroatoms. The predicted octanol–water partition coefficient (Wildman–Crippen LogP) is 1.48. The Morgan fingerprint density at radius 3 is 2.47 bits per heavy atom. The van der Waals surface area contributed by atoms with E-state index in [9.17, 15) is 9.59 Å². The van der Waals surface area contributed by atoms with Crippen molar-refractivity contribution in [1.82, 2.24) is 0 Å². The van der Waals surface area contributed by atoms with Crippen LogP contribution in [0.4, 0.5) is 5.69 Å². The van der Waals surface area contributed by atoms with Gasteiger partial charge in [-0.1, -0.05) is 25.1 Å². The number of hydrogen-bond donors (Lipinski definition) is 2. The molecule has 3 N–H and O–H groups in total. The van der Waals surface area contributed by atoms with E-state index < -0.39 is 5.97 Å². The largest absolute Gasteiger partial charge is 0.480 e. The lowest BCUT2D eigenvalue weighted by atomic mass is 10.1. The number of nitrogens with two attached hydrogens (primary N) is 1. The number of para-hydroxylation sites is 1. The van der Waals surface area contributed by atoms with Gasteiger partial charge in [0.25, 0.3) is 0 Å². The van der Waals surface area contributed by atoms with Gasteiger partial charge in [0.1, 0.15) is 6.54 Å². The summed E-state index contributed by atoms with van der Waals surface area (Å²) in [6.07, 6.45) is 0.971. The Labute approximate surface area is 113 Å². The Bertz CT molecular complexity index is 420. The number of aliphatic carboxylic acids is 1. The normalized spacial score (nSPS) is 11.9. The van der Waals surface area contributed by atoms with Gasteiger partial charge in [0.2, 0.25) is 5.91 Å². The quantitative estimate of drug-likeness (QED) is 0.781. The van der Waals surface area contributed by atoms with Crippen LogP contribution < -0.4 is 10.6 Å². The molecule has 19 heavy (non-hydrogen) atoms. The molecule has 0 aliphatic rings. The van der Waals surface area contributed by atoms with E-state index in [4.69, 9.17) is 10.8 Å². The maximum absolute atomic E-state index is 12.1. The second-order valence-corrected chi connectivity index (χ2v) is 4.59. The maximum atomic E-state index is 12.1. The first-order chi connectivity index (χ1) is 9.04. The lowest BCUT2D eigenvalue weighted by Crippen LogP contribution is -2.35. The average molecular weight is 264 g/mol. The van der Waals surface area contributed by atoms with Crippen molar-refractivity contribution < 1.29 is 14.7 Å². The fourth-order valence-electron chi connectivity index (χ4n) is 1.69. The average Bonchev–Trinajstić information content (AvgIpc) is 2.42. The van der Waals surface area contributed by atoms with Crippen LogP contribution in [0.15, 0.2) is 30.3 Å². The zero-order chi connectivity index (χ0) is 14.3. The summed E-state index contributed by atoms with van der Waals surface area (Å²) in [5, 5.41) is 8.90. The van der Waals surface area contributed by atoms with Gasteiger partial charge in [0.05, 0.1) is 0 Å². The SMILES string of the molecule is CC(CN)CCC(=O)N(CC(=O)O)c1ccccc1. The van der Waals surface area contributed by atoms with Gasteiger partial charge in [0.15, 0.2) is 0 Å². The molecule has 0 bridgehead atoms. The fourth-order valence-corrected chi connectivity index (χ4v) is 1.69. The molecule has 0 saturated heterocycles. The Hall–Kier alpha value is -1.88. The highest BCUT2D eigenvalue weighted by Gasteiger charge is 2.18. The number of carbonyl (C=O) groups is 2. The minimum atomic E-state index is -1.02. The zero-order valence-electron chi connectivity index (χ0n) is 11.1. The Balaban J connectivity index is 2.74. The van der Waals surface area contributed by atoms with Crippen molar-refractivity contribution in [2.24, 2.45) is 11.7 Å². The minimum absolute atomic E-state index is 0.186. The molecule has 1 unspecified atom stereocenters. The number of carbonyl (C=O) groups excluding carboxylic acids is 1. The summed E-state index contributed by atoms with van der Waals surface area (Å²) in [5.74, 6) is -0.954. The second kappa shape index (κ2) is 7.53. The molecule has 0 radical (unpaired) electrons. The summed E-state index contributed by atoms with van der Waals surface area (Å²) in [4.78, 5) is 24.3. The highest BCUT2D eigenvalue weighted by atomic mass is 16.4. The van der Waals surface area contributed by atoms with Crippen LogP contribution in [0.1, 0.15) is 19.8 Å². The first kappa shape index (κ1) is 15.2. The molecule has 0 aliphatic heterocycles. The molecule has 1 rings (SSSR count). The van der Waals surface area contributed by atoms with Gasteiger partial charge in [-0.2, -0.15) is 0 Å². The van der Waals surface area contributed by atoms with E-state index >= 15 is 0 Å². The zero-order valence-corrected chi connectivity index (χ0v) is 11.1. The molecular formula is C14H20N2O3. The second-order valence-electron chi connectivity index (χ2n) is 4.59. The summed E-state index contributed by atoms with van der Waals surface area (Å²) in [6, 6.07) is 8.84. The van der Waals surface area contributed by atoms with E-state index in [-0.39, 0.29) is 18.4 Å². The molecule has 0 spiro atoms. The third-order valence-electron chi connectivity index (χ3n) is 2.92. The first-order valence-electron chi connectivity index (χ1n) is 6.32. The molecule has 1 amide bonds. The summed E-state index contributed by atoms with van der Waals surface area (Å²) in [6.45, 7) is 2.18. The van der Waals surface area contributed by atoms with Gasteiger partial charge >= 0.3 is 5.97 Å². The summed E-state index contributed by atoms with van der Waals surface area (Å²) >= 11 is 0. The molecule has 0 fully saturated rings.